The number of halogens is 1. The molecule has 1 N–H and O–H groups in total. The standard InChI is InChI=1S/C18H19ClN2O3S/c1-23-15-5-3-4-14(16(15)24-2)17-21(10-11-25-17)18(22)20-13-8-6-12(19)7-9-13/h3-9,17H,10-11H2,1-2H3,(H,20,22)/t17-/m1/s1. The third-order valence-corrected chi connectivity index (χ3v) is 5.44. The molecule has 0 spiro atoms. The maximum atomic E-state index is 12.7. The molecule has 2 aromatic rings. The number of nitrogens with one attached hydrogen (secondary N) is 1. The van der Waals surface area contributed by atoms with Crippen molar-refractivity contribution in [3.63, 3.8) is 0 Å². The Morgan fingerprint density at radius 1 is 1.20 bits per heavy atom. The number of hydrogen-bond donors (Lipinski definition) is 1. The van der Waals surface area contributed by atoms with Gasteiger partial charge in [0.2, 0.25) is 0 Å². The lowest BCUT2D eigenvalue weighted by molar-refractivity contribution is 0.213. The zero-order valence-electron chi connectivity index (χ0n) is 14.0. The molecule has 1 saturated heterocycles. The number of amides is 2. The number of para-hydroxylation sites is 1. The fraction of sp³-hybridized carbons (Fsp3) is 0.278. The Balaban J connectivity index is 1.83. The quantitative estimate of drug-likeness (QED) is 0.842. The maximum Gasteiger partial charge on any atom is 0.323 e. The number of methoxy groups -OCH3 is 2. The van der Waals surface area contributed by atoms with E-state index in [2.05, 4.69) is 5.32 Å². The minimum absolute atomic E-state index is 0.127. The number of anilines is 1. The topological polar surface area (TPSA) is 50.8 Å². The van der Waals surface area contributed by atoms with E-state index in [9.17, 15) is 4.79 Å². The molecule has 7 heteroatoms. The van der Waals surface area contributed by atoms with Crippen LogP contribution in [0.25, 0.3) is 0 Å². The van der Waals surface area contributed by atoms with Gasteiger partial charge in [0.15, 0.2) is 11.5 Å². The van der Waals surface area contributed by atoms with Gasteiger partial charge in [0.05, 0.1) is 14.2 Å². The van der Waals surface area contributed by atoms with E-state index in [0.29, 0.717) is 28.8 Å². The molecule has 2 aromatic carbocycles. The number of urea groups is 1. The molecule has 0 aliphatic carbocycles. The van der Waals surface area contributed by atoms with Crippen molar-refractivity contribution in [1.82, 2.24) is 4.90 Å². The monoisotopic (exact) mass is 378 g/mol. The molecule has 132 valence electrons. The van der Waals surface area contributed by atoms with E-state index in [1.54, 1.807) is 55.1 Å². The lowest BCUT2D eigenvalue weighted by atomic mass is 10.1. The predicted octanol–water partition coefficient (Wildman–Crippen LogP) is 4.64. The average Bonchev–Trinajstić information content (AvgIpc) is 3.12. The molecule has 1 aliphatic heterocycles. The van der Waals surface area contributed by atoms with Crippen LogP contribution in [0.15, 0.2) is 42.5 Å². The summed E-state index contributed by atoms with van der Waals surface area (Å²) in [5.74, 6) is 2.18. The molecule has 2 amide bonds. The largest absolute Gasteiger partial charge is 0.493 e. The van der Waals surface area contributed by atoms with E-state index in [0.717, 1.165) is 11.3 Å². The first-order valence-electron chi connectivity index (χ1n) is 7.79. The van der Waals surface area contributed by atoms with Crippen LogP contribution in [-0.4, -0.2) is 37.4 Å². The van der Waals surface area contributed by atoms with Gasteiger partial charge in [-0.2, -0.15) is 0 Å². The normalized spacial score (nSPS) is 16.6. The number of thioether (sulfide) groups is 1. The molecule has 3 rings (SSSR count). The van der Waals surface area contributed by atoms with Crippen LogP contribution < -0.4 is 14.8 Å². The first kappa shape index (κ1) is 17.8. The van der Waals surface area contributed by atoms with Crippen molar-refractivity contribution in [1.29, 1.82) is 0 Å². The summed E-state index contributed by atoms with van der Waals surface area (Å²) in [7, 11) is 3.22. The van der Waals surface area contributed by atoms with Gasteiger partial charge in [0.1, 0.15) is 5.37 Å². The first-order valence-corrected chi connectivity index (χ1v) is 9.22. The lowest BCUT2D eigenvalue weighted by Crippen LogP contribution is -2.34. The smallest absolute Gasteiger partial charge is 0.323 e. The average molecular weight is 379 g/mol. The van der Waals surface area contributed by atoms with Gasteiger partial charge in [-0.15, -0.1) is 11.8 Å². The predicted molar refractivity (Wildman–Crippen MR) is 102 cm³/mol. The second kappa shape index (κ2) is 7.89. The highest BCUT2D eigenvalue weighted by Crippen LogP contribution is 2.45. The van der Waals surface area contributed by atoms with E-state index in [1.807, 2.05) is 18.2 Å². The van der Waals surface area contributed by atoms with Crippen LogP contribution in [0.3, 0.4) is 0 Å². The summed E-state index contributed by atoms with van der Waals surface area (Å²) in [5, 5.41) is 3.43. The molecular weight excluding hydrogens is 360 g/mol. The molecule has 0 unspecified atom stereocenters. The Labute approximate surface area is 156 Å². The molecular formula is C18H19ClN2O3S. The lowest BCUT2D eigenvalue weighted by Gasteiger charge is -2.26. The maximum absolute atomic E-state index is 12.7. The van der Waals surface area contributed by atoms with Gasteiger partial charge in [0, 0.05) is 28.6 Å². The number of ether oxygens (including phenoxy) is 2. The van der Waals surface area contributed by atoms with E-state index < -0.39 is 0 Å². The van der Waals surface area contributed by atoms with Crippen LogP contribution >= 0.6 is 23.4 Å². The summed E-state index contributed by atoms with van der Waals surface area (Å²) in [6.07, 6.45) is 0. The zero-order valence-corrected chi connectivity index (χ0v) is 15.6. The molecule has 0 aromatic heterocycles. The van der Waals surface area contributed by atoms with Gasteiger partial charge < -0.3 is 19.7 Å². The second-order valence-corrected chi connectivity index (χ2v) is 7.06. The van der Waals surface area contributed by atoms with E-state index in [1.165, 1.54) is 0 Å². The molecule has 25 heavy (non-hydrogen) atoms. The Morgan fingerprint density at radius 2 is 1.96 bits per heavy atom. The van der Waals surface area contributed by atoms with Crippen LogP contribution in [0.1, 0.15) is 10.9 Å². The van der Waals surface area contributed by atoms with Crippen LogP contribution in [0.2, 0.25) is 5.02 Å². The van der Waals surface area contributed by atoms with Crippen molar-refractivity contribution < 1.29 is 14.3 Å². The summed E-state index contributed by atoms with van der Waals surface area (Å²) in [4.78, 5) is 14.5. The summed E-state index contributed by atoms with van der Waals surface area (Å²) in [5.41, 5.74) is 1.64. The van der Waals surface area contributed by atoms with Gasteiger partial charge >= 0.3 is 6.03 Å². The van der Waals surface area contributed by atoms with Gasteiger partial charge in [-0.1, -0.05) is 23.7 Å². The molecule has 0 radical (unpaired) electrons. The summed E-state index contributed by atoms with van der Waals surface area (Å²) in [6, 6.07) is 12.6. The molecule has 1 fully saturated rings. The van der Waals surface area contributed by atoms with E-state index >= 15 is 0 Å². The van der Waals surface area contributed by atoms with Crippen molar-refractivity contribution in [3.05, 3.63) is 53.1 Å². The number of hydrogen-bond acceptors (Lipinski definition) is 4. The third-order valence-electron chi connectivity index (χ3n) is 3.95. The minimum Gasteiger partial charge on any atom is -0.493 e. The van der Waals surface area contributed by atoms with E-state index in [-0.39, 0.29) is 11.4 Å². The summed E-state index contributed by atoms with van der Waals surface area (Å²) < 4.78 is 10.9. The molecule has 1 aliphatic rings. The Bertz CT molecular complexity index is 754. The zero-order chi connectivity index (χ0) is 17.8. The highest BCUT2D eigenvalue weighted by atomic mass is 35.5. The SMILES string of the molecule is COc1cccc([C@H]2SCCN2C(=O)Nc2ccc(Cl)cc2)c1OC. The number of carbonyl (C=O) groups is 1. The molecule has 0 saturated carbocycles. The van der Waals surface area contributed by atoms with Crippen LogP contribution in [0.5, 0.6) is 11.5 Å². The van der Waals surface area contributed by atoms with Crippen molar-refractivity contribution in [2.24, 2.45) is 0 Å². The van der Waals surface area contributed by atoms with Gasteiger partial charge in [-0.05, 0) is 30.3 Å². The Morgan fingerprint density at radius 3 is 2.64 bits per heavy atom. The van der Waals surface area contributed by atoms with Crippen LogP contribution in [0.4, 0.5) is 10.5 Å². The van der Waals surface area contributed by atoms with Gasteiger partial charge in [0.25, 0.3) is 0 Å². The first-order chi connectivity index (χ1) is 12.1. The Kier molecular flexibility index (Phi) is 5.60. The molecule has 0 bridgehead atoms. The van der Waals surface area contributed by atoms with Crippen molar-refractivity contribution >= 4 is 35.1 Å². The fourth-order valence-corrected chi connectivity index (χ4v) is 4.17. The highest BCUT2D eigenvalue weighted by Gasteiger charge is 2.33. The fourth-order valence-electron chi connectivity index (χ4n) is 2.77. The van der Waals surface area contributed by atoms with Crippen molar-refractivity contribution in [2.75, 3.05) is 31.8 Å². The number of benzene rings is 2. The summed E-state index contributed by atoms with van der Waals surface area (Å²) >= 11 is 7.59. The number of rotatable bonds is 4. The highest BCUT2D eigenvalue weighted by molar-refractivity contribution is 7.99. The van der Waals surface area contributed by atoms with Crippen LogP contribution in [0, 0.1) is 0 Å². The number of nitrogens with zero attached hydrogens (tertiary/aromatic N) is 1. The van der Waals surface area contributed by atoms with Crippen LogP contribution in [-0.2, 0) is 0 Å². The Hall–Kier alpha value is -2.05. The molecule has 1 atom stereocenters. The molecule has 5 nitrogen and oxygen atoms in total. The van der Waals surface area contributed by atoms with Crippen molar-refractivity contribution in [2.45, 2.75) is 5.37 Å². The van der Waals surface area contributed by atoms with Crippen molar-refractivity contribution in [3.8, 4) is 11.5 Å². The van der Waals surface area contributed by atoms with Gasteiger partial charge in [-0.3, -0.25) is 0 Å². The number of carbonyl (C=O) groups excluding carboxylic acids is 1. The van der Waals surface area contributed by atoms with E-state index in [4.69, 9.17) is 21.1 Å². The van der Waals surface area contributed by atoms with Gasteiger partial charge in [-0.25, -0.2) is 4.79 Å². The summed E-state index contributed by atoms with van der Waals surface area (Å²) in [6.45, 7) is 0.662. The third kappa shape index (κ3) is 3.80. The molecule has 1 heterocycles. The second-order valence-electron chi connectivity index (χ2n) is 5.44. The minimum atomic E-state index is -0.151.